The van der Waals surface area contributed by atoms with Gasteiger partial charge < -0.3 is 18.9 Å². The maximum atomic E-state index is 11.9. The van der Waals surface area contributed by atoms with Gasteiger partial charge in [0.15, 0.2) is 13.4 Å². The summed E-state index contributed by atoms with van der Waals surface area (Å²) in [5.74, 6) is 0.434. The Kier molecular flexibility index (Phi) is 5.33. The quantitative estimate of drug-likeness (QED) is 0.444. The first-order valence-corrected chi connectivity index (χ1v) is 7.89. The summed E-state index contributed by atoms with van der Waals surface area (Å²) in [6.07, 6.45) is 0. The molecule has 3 rings (SSSR count). The normalized spacial score (nSPS) is 12.7. The number of non-ortho nitro benzene ring substituents is 1. The van der Waals surface area contributed by atoms with E-state index in [1.54, 1.807) is 12.1 Å². The highest BCUT2D eigenvalue weighted by molar-refractivity contribution is 5.71. The Labute approximate surface area is 149 Å². The summed E-state index contributed by atoms with van der Waals surface area (Å²) in [5, 5.41) is 11.1. The molecule has 0 N–H and O–H groups in total. The highest BCUT2D eigenvalue weighted by atomic mass is 16.7. The Hall–Kier alpha value is -3.13. The first-order valence-electron chi connectivity index (χ1n) is 7.89. The standard InChI is InChI=1S/C18H17NO7/c1-12-3-2-4-16(5-12)24-10-17(20)25-9-14-7-15(19(21)22)6-13-8-23-11-26-18(13)14/h2-7H,8-11H2,1H3. The summed E-state index contributed by atoms with van der Waals surface area (Å²) in [6.45, 7) is 1.75. The van der Waals surface area contributed by atoms with Crippen LogP contribution in [0.5, 0.6) is 11.5 Å². The van der Waals surface area contributed by atoms with Gasteiger partial charge in [-0.05, 0) is 24.6 Å². The summed E-state index contributed by atoms with van der Waals surface area (Å²) in [4.78, 5) is 22.5. The zero-order valence-electron chi connectivity index (χ0n) is 14.1. The Bertz CT molecular complexity index is 834. The zero-order chi connectivity index (χ0) is 18.5. The van der Waals surface area contributed by atoms with Gasteiger partial charge >= 0.3 is 5.97 Å². The minimum absolute atomic E-state index is 0.0439. The lowest BCUT2D eigenvalue weighted by Gasteiger charge is -2.20. The number of aryl methyl sites for hydroxylation is 1. The van der Waals surface area contributed by atoms with E-state index < -0.39 is 10.9 Å². The van der Waals surface area contributed by atoms with Crippen LogP contribution in [0.25, 0.3) is 0 Å². The van der Waals surface area contributed by atoms with Crippen molar-refractivity contribution in [1.29, 1.82) is 0 Å². The molecule has 0 spiro atoms. The molecule has 0 bridgehead atoms. The van der Waals surface area contributed by atoms with E-state index in [-0.39, 0.29) is 32.3 Å². The second kappa shape index (κ2) is 7.83. The van der Waals surface area contributed by atoms with E-state index in [4.69, 9.17) is 18.9 Å². The van der Waals surface area contributed by atoms with E-state index in [9.17, 15) is 14.9 Å². The van der Waals surface area contributed by atoms with E-state index in [1.165, 1.54) is 12.1 Å². The molecular weight excluding hydrogens is 342 g/mol. The lowest BCUT2D eigenvalue weighted by atomic mass is 10.1. The van der Waals surface area contributed by atoms with E-state index in [2.05, 4.69) is 0 Å². The minimum Gasteiger partial charge on any atom is -0.482 e. The molecule has 1 heterocycles. The van der Waals surface area contributed by atoms with Gasteiger partial charge in [-0.15, -0.1) is 0 Å². The molecule has 1 aliphatic heterocycles. The number of fused-ring (bicyclic) bond motifs is 1. The smallest absolute Gasteiger partial charge is 0.344 e. The van der Waals surface area contributed by atoms with E-state index in [0.29, 0.717) is 22.6 Å². The largest absolute Gasteiger partial charge is 0.482 e. The summed E-state index contributed by atoms with van der Waals surface area (Å²) in [7, 11) is 0. The lowest BCUT2D eigenvalue weighted by Crippen LogP contribution is -2.17. The average Bonchev–Trinajstić information content (AvgIpc) is 2.64. The Morgan fingerprint density at radius 1 is 1.31 bits per heavy atom. The van der Waals surface area contributed by atoms with Crippen molar-refractivity contribution in [3.05, 3.63) is 63.2 Å². The zero-order valence-corrected chi connectivity index (χ0v) is 14.1. The molecule has 0 amide bonds. The highest BCUT2D eigenvalue weighted by Crippen LogP contribution is 2.33. The number of nitro groups is 1. The third kappa shape index (κ3) is 4.28. The molecule has 8 nitrogen and oxygen atoms in total. The lowest BCUT2D eigenvalue weighted by molar-refractivity contribution is -0.385. The third-order valence-electron chi connectivity index (χ3n) is 3.72. The molecule has 2 aromatic carbocycles. The number of carbonyl (C=O) groups excluding carboxylic acids is 1. The molecule has 0 atom stereocenters. The van der Waals surface area contributed by atoms with Crippen LogP contribution in [0.3, 0.4) is 0 Å². The molecule has 0 radical (unpaired) electrons. The molecule has 0 unspecified atom stereocenters. The Morgan fingerprint density at radius 3 is 2.92 bits per heavy atom. The van der Waals surface area contributed by atoms with E-state index >= 15 is 0 Å². The van der Waals surface area contributed by atoms with Gasteiger partial charge in [0.25, 0.3) is 5.69 Å². The van der Waals surface area contributed by atoms with Gasteiger partial charge in [0, 0.05) is 23.3 Å². The van der Waals surface area contributed by atoms with Crippen molar-refractivity contribution in [2.75, 3.05) is 13.4 Å². The van der Waals surface area contributed by atoms with Crippen molar-refractivity contribution in [2.24, 2.45) is 0 Å². The monoisotopic (exact) mass is 359 g/mol. The van der Waals surface area contributed by atoms with Gasteiger partial charge in [0.05, 0.1) is 11.5 Å². The van der Waals surface area contributed by atoms with Crippen LogP contribution in [-0.2, 0) is 27.5 Å². The second-order valence-electron chi connectivity index (χ2n) is 5.73. The fraction of sp³-hybridized carbons (Fsp3) is 0.278. The van der Waals surface area contributed by atoms with E-state index in [1.807, 2.05) is 19.1 Å². The summed E-state index contributed by atoms with van der Waals surface area (Å²) >= 11 is 0. The molecule has 0 aromatic heterocycles. The van der Waals surface area contributed by atoms with Crippen molar-refractivity contribution in [3.8, 4) is 11.5 Å². The van der Waals surface area contributed by atoms with Crippen molar-refractivity contribution in [3.63, 3.8) is 0 Å². The number of hydrogen-bond acceptors (Lipinski definition) is 7. The minimum atomic E-state index is -0.584. The molecule has 0 saturated carbocycles. The molecule has 8 heteroatoms. The molecule has 136 valence electrons. The van der Waals surface area contributed by atoms with Crippen LogP contribution >= 0.6 is 0 Å². The van der Waals surface area contributed by atoms with Gasteiger partial charge in [-0.25, -0.2) is 4.79 Å². The predicted octanol–water partition coefficient (Wildman–Crippen LogP) is 2.89. The fourth-order valence-electron chi connectivity index (χ4n) is 2.54. The topological polar surface area (TPSA) is 97.1 Å². The van der Waals surface area contributed by atoms with Gasteiger partial charge in [0.2, 0.25) is 0 Å². The Balaban J connectivity index is 1.64. The van der Waals surface area contributed by atoms with Gasteiger partial charge in [-0.1, -0.05) is 12.1 Å². The van der Waals surface area contributed by atoms with E-state index in [0.717, 1.165) is 5.56 Å². The molecule has 2 aromatic rings. The summed E-state index contributed by atoms with van der Waals surface area (Å²) < 4.78 is 21.1. The van der Waals surface area contributed by atoms with Crippen LogP contribution < -0.4 is 9.47 Å². The number of hydrogen-bond donors (Lipinski definition) is 0. The number of nitrogens with zero attached hydrogens (tertiary/aromatic N) is 1. The molecule has 0 fully saturated rings. The van der Waals surface area contributed by atoms with Crippen LogP contribution in [0.15, 0.2) is 36.4 Å². The molecule has 0 aliphatic carbocycles. The van der Waals surface area contributed by atoms with Crippen LogP contribution in [-0.4, -0.2) is 24.3 Å². The summed E-state index contributed by atoms with van der Waals surface area (Å²) in [6, 6.07) is 10.0. The van der Waals surface area contributed by atoms with Crippen molar-refractivity contribution < 1.29 is 28.7 Å². The number of nitro benzene ring substituents is 1. The van der Waals surface area contributed by atoms with Crippen LogP contribution in [0.2, 0.25) is 0 Å². The molecular formula is C18H17NO7. The number of rotatable bonds is 6. The van der Waals surface area contributed by atoms with Crippen molar-refractivity contribution in [1.82, 2.24) is 0 Å². The maximum Gasteiger partial charge on any atom is 0.344 e. The molecule has 26 heavy (non-hydrogen) atoms. The number of carbonyl (C=O) groups is 1. The second-order valence-corrected chi connectivity index (χ2v) is 5.73. The molecule has 0 saturated heterocycles. The third-order valence-corrected chi connectivity index (χ3v) is 3.72. The number of esters is 1. The van der Waals surface area contributed by atoms with Crippen molar-refractivity contribution >= 4 is 11.7 Å². The molecule has 1 aliphatic rings. The van der Waals surface area contributed by atoms with Gasteiger partial charge in [-0.3, -0.25) is 10.1 Å². The fourth-order valence-corrected chi connectivity index (χ4v) is 2.54. The highest BCUT2D eigenvalue weighted by Gasteiger charge is 2.21. The maximum absolute atomic E-state index is 11.9. The first-order chi connectivity index (χ1) is 12.5. The first kappa shape index (κ1) is 17.7. The van der Waals surface area contributed by atoms with Crippen LogP contribution in [0.4, 0.5) is 5.69 Å². The van der Waals surface area contributed by atoms with Gasteiger partial charge in [-0.2, -0.15) is 0 Å². The average molecular weight is 359 g/mol. The number of ether oxygens (including phenoxy) is 4. The Morgan fingerprint density at radius 2 is 2.15 bits per heavy atom. The number of benzene rings is 2. The van der Waals surface area contributed by atoms with Gasteiger partial charge in [0.1, 0.15) is 18.1 Å². The van der Waals surface area contributed by atoms with Crippen molar-refractivity contribution in [2.45, 2.75) is 20.1 Å². The van der Waals surface area contributed by atoms with Crippen LogP contribution in [0, 0.1) is 17.0 Å². The summed E-state index contributed by atoms with van der Waals surface area (Å²) in [5.41, 5.74) is 1.87. The van der Waals surface area contributed by atoms with Crippen LogP contribution in [0.1, 0.15) is 16.7 Å². The SMILES string of the molecule is Cc1cccc(OCC(=O)OCc2cc([N+](=O)[O-])cc3c2OCOC3)c1. The predicted molar refractivity (Wildman–Crippen MR) is 89.9 cm³/mol.